The van der Waals surface area contributed by atoms with Crippen molar-refractivity contribution in [3.05, 3.63) is 29.3 Å². The normalized spacial score (nSPS) is 10.1. The molecular formula is C11H11N. The van der Waals surface area contributed by atoms with Crippen molar-refractivity contribution in [2.45, 2.75) is 13.8 Å². The first-order valence-corrected chi connectivity index (χ1v) is 3.84. The van der Waals surface area contributed by atoms with Crippen molar-refractivity contribution in [2.24, 2.45) is 4.99 Å². The molecular weight excluding hydrogens is 146 g/mol. The van der Waals surface area contributed by atoms with E-state index in [-0.39, 0.29) is 0 Å². The number of hydrogen-bond acceptors (Lipinski definition) is 1. The Labute approximate surface area is 73.2 Å². The summed E-state index contributed by atoms with van der Waals surface area (Å²) in [7, 11) is 0. The van der Waals surface area contributed by atoms with Gasteiger partial charge in [-0.3, -0.25) is 4.99 Å². The Morgan fingerprint density at radius 3 is 2.83 bits per heavy atom. The van der Waals surface area contributed by atoms with Crippen LogP contribution >= 0.6 is 0 Å². The van der Waals surface area contributed by atoms with Crippen molar-refractivity contribution in [1.29, 1.82) is 0 Å². The smallest absolute Gasteiger partial charge is 0.0784 e. The number of hydrogen-bond donors (Lipinski definition) is 0. The monoisotopic (exact) mass is 157 g/mol. The molecule has 0 unspecified atom stereocenters. The van der Waals surface area contributed by atoms with E-state index in [1.54, 1.807) is 6.21 Å². The van der Waals surface area contributed by atoms with E-state index in [4.69, 9.17) is 6.42 Å². The zero-order valence-corrected chi connectivity index (χ0v) is 7.33. The molecule has 0 fully saturated rings. The second kappa shape index (κ2) is 3.73. The number of aliphatic imine (C=N–C) groups is 1. The lowest BCUT2D eigenvalue weighted by Gasteiger charge is -1.98. The summed E-state index contributed by atoms with van der Waals surface area (Å²) in [5.41, 5.74) is 2.90. The maximum Gasteiger partial charge on any atom is 0.0784 e. The van der Waals surface area contributed by atoms with E-state index in [0.717, 1.165) is 11.3 Å². The van der Waals surface area contributed by atoms with E-state index in [1.807, 2.05) is 32.0 Å². The molecule has 60 valence electrons. The molecule has 0 aliphatic carbocycles. The molecule has 0 heterocycles. The Morgan fingerprint density at radius 2 is 2.25 bits per heavy atom. The van der Waals surface area contributed by atoms with Crippen LogP contribution in [-0.4, -0.2) is 6.21 Å². The summed E-state index contributed by atoms with van der Waals surface area (Å²) in [6.07, 6.45) is 7.05. The maximum absolute atomic E-state index is 5.31. The largest absolute Gasteiger partial charge is 0.260 e. The van der Waals surface area contributed by atoms with Gasteiger partial charge in [-0.2, -0.15) is 0 Å². The van der Waals surface area contributed by atoms with Crippen molar-refractivity contribution < 1.29 is 0 Å². The first kappa shape index (κ1) is 8.55. The SMILES string of the molecule is C#Cc1ccc(C)cc1N=CC. The Kier molecular flexibility index (Phi) is 2.66. The third-order valence-corrected chi connectivity index (χ3v) is 1.58. The molecule has 0 N–H and O–H groups in total. The van der Waals surface area contributed by atoms with E-state index < -0.39 is 0 Å². The van der Waals surface area contributed by atoms with Crippen LogP contribution in [0.1, 0.15) is 18.1 Å². The number of nitrogens with zero attached hydrogens (tertiary/aromatic N) is 1. The van der Waals surface area contributed by atoms with E-state index in [9.17, 15) is 0 Å². The summed E-state index contributed by atoms with van der Waals surface area (Å²) in [5, 5.41) is 0. The number of terminal acetylenes is 1. The summed E-state index contributed by atoms with van der Waals surface area (Å²) in [6.45, 7) is 3.90. The van der Waals surface area contributed by atoms with Crippen LogP contribution in [0.15, 0.2) is 23.2 Å². The maximum atomic E-state index is 5.31. The highest BCUT2D eigenvalue weighted by Crippen LogP contribution is 2.19. The average Bonchev–Trinajstić information content (AvgIpc) is 2.05. The number of rotatable bonds is 1. The first-order valence-electron chi connectivity index (χ1n) is 3.84. The van der Waals surface area contributed by atoms with Crippen LogP contribution < -0.4 is 0 Å². The fourth-order valence-corrected chi connectivity index (χ4v) is 1.01. The van der Waals surface area contributed by atoms with E-state index in [1.165, 1.54) is 5.56 Å². The van der Waals surface area contributed by atoms with Crippen LogP contribution in [0.25, 0.3) is 0 Å². The molecule has 0 saturated carbocycles. The molecule has 0 bridgehead atoms. The van der Waals surface area contributed by atoms with Gasteiger partial charge in [0.2, 0.25) is 0 Å². The second-order valence-corrected chi connectivity index (χ2v) is 2.55. The van der Waals surface area contributed by atoms with Crippen LogP contribution in [0, 0.1) is 19.3 Å². The zero-order chi connectivity index (χ0) is 8.97. The lowest BCUT2D eigenvalue weighted by atomic mass is 10.1. The van der Waals surface area contributed by atoms with E-state index >= 15 is 0 Å². The third kappa shape index (κ3) is 1.73. The van der Waals surface area contributed by atoms with Gasteiger partial charge >= 0.3 is 0 Å². The van der Waals surface area contributed by atoms with Crippen LogP contribution in [0.5, 0.6) is 0 Å². The van der Waals surface area contributed by atoms with Gasteiger partial charge in [0.05, 0.1) is 5.69 Å². The Balaban J connectivity index is 3.24. The summed E-state index contributed by atoms with van der Waals surface area (Å²) in [4.78, 5) is 4.17. The van der Waals surface area contributed by atoms with Gasteiger partial charge in [-0.05, 0) is 31.5 Å². The lowest BCUT2D eigenvalue weighted by molar-refractivity contribution is 1.41. The molecule has 0 aromatic heterocycles. The van der Waals surface area contributed by atoms with Gasteiger partial charge in [0.1, 0.15) is 0 Å². The molecule has 1 heteroatoms. The highest BCUT2D eigenvalue weighted by atomic mass is 14.7. The minimum atomic E-state index is 0.846. The molecule has 0 spiro atoms. The Morgan fingerprint density at radius 1 is 1.50 bits per heavy atom. The molecule has 1 rings (SSSR count). The van der Waals surface area contributed by atoms with Gasteiger partial charge < -0.3 is 0 Å². The zero-order valence-electron chi connectivity index (χ0n) is 7.33. The molecule has 0 aliphatic heterocycles. The standard InChI is InChI=1S/C11H11N/c1-4-10-7-6-9(3)8-11(10)12-5-2/h1,5-8H,2-3H3. The van der Waals surface area contributed by atoms with Crippen molar-refractivity contribution >= 4 is 11.9 Å². The van der Waals surface area contributed by atoms with E-state index in [2.05, 4.69) is 10.9 Å². The highest BCUT2D eigenvalue weighted by molar-refractivity contribution is 5.65. The minimum absolute atomic E-state index is 0.846. The Hall–Kier alpha value is -1.55. The van der Waals surface area contributed by atoms with Gasteiger partial charge in [0, 0.05) is 11.8 Å². The molecule has 0 radical (unpaired) electrons. The summed E-state index contributed by atoms with van der Waals surface area (Å²) < 4.78 is 0. The van der Waals surface area contributed by atoms with Crippen LogP contribution in [0.2, 0.25) is 0 Å². The molecule has 0 aliphatic rings. The van der Waals surface area contributed by atoms with Crippen molar-refractivity contribution in [2.75, 3.05) is 0 Å². The van der Waals surface area contributed by atoms with Crippen molar-refractivity contribution in [3.63, 3.8) is 0 Å². The third-order valence-electron chi connectivity index (χ3n) is 1.58. The molecule has 1 aromatic rings. The molecule has 1 nitrogen and oxygen atoms in total. The van der Waals surface area contributed by atoms with Gasteiger partial charge in [-0.15, -0.1) is 6.42 Å². The minimum Gasteiger partial charge on any atom is -0.260 e. The van der Waals surface area contributed by atoms with Gasteiger partial charge in [-0.1, -0.05) is 12.0 Å². The molecule has 1 aromatic carbocycles. The van der Waals surface area contributed by atoms with Crippen LogP contribution in [-0.2, 0) is 0 Å². The topological polar surface area (TPSA) is 12.4 Å². The molecule has 12 heavy (non-hydrogen) atoms. The fraction of sp³-hybridized carbons (Fsp3) is 0.182. The second-order valence-electron chi connectivity index (χ2n) is 2.55. The molecule has 0 atom stereocenters. The van der Waals surface area contributed by atoms with Crippen molar-refractivity contribution in [3.8, 4) is 12.3 Å². The predicted octanol–water partition coefficient (Wildman–Crippen LogP) is 2.70. The van der Waals surface area contributed by atoms with Gasteiger partial charge in [-0.25, -0.2) is 0 Å². The van der Waals surface area contributed by atoms with Crippen molar-refractivity contribution in [1.82, 2.24) is 0 Å². The average molecular weight is 157 g/mol. The number of benzene rings is 1. The predicted molar refractivity (Wildman–Crippen MR) is 52.9 cm³/mol. The highest BCUT2D eigenvalue weighted by Gasteiger charge is 1.96. The van der Waals surface area contributed by atoms with Crippen LogP contribution in [0.4, 0.5) is 5.69 Å². The number of aryl methyl sites for hydroxylation is 1. The summed E-state index contributed by atoms with van der Waals surface area (Å²) >= 11 is 0. The fourth-order valence-electron chi connectivity index (χ4n) is 1.01. The Bertz CT molecular complexity index is 343. The van der Waals surface area contributed by atoms with Gasteiger partial charge in [0.15, 0.2) is 0 Å². The van der Waals surface area contributed by atoms with E-state index in [0.29, 0.717) is 0 Å². The lowest BCUT2D eigenvalue weighted by Crippen LogP contribution is -1.78. The van der Waals surface area contributed by atoms with Crippen LogP contribution in [0.3, 0.4) is 0 Å². The summed E-state index contributed by atoms with van der Waals surface area (Å²) in [6, 6.07) is 5.89. The summed E-state index contributed by atoms with van der Waals surface area (Å²) in [5.74, 6) is 2.59. The first-order chi connectivity index (χ1) is 5.77. The molecule has 0 saturated heterocycles. The quantitative estimate of drug-likeness (QED) is 0.439. The van der Waals surface area contributed by atoms with Gasteiger partial charge in [0.25, 0.3) is 0 Å². The molecule has 0 amide bonds.